The molecule has 0 fully saturated rings. The summed E-state index contributed by atoms with van der Waals surface area (Å²) in [4.78, 5) is 8.15. The first-order chi connectivity index (χ1) is 8.60. The highest BCUT2D eigenvalue weighted by Gasteiger charge is 2.06. The Kier molecular flexibility index (Phi) is 3.78. The van der Waals surface area contributed by atoms with E-state index >= 15 is 0 Å². The van der Waals surface area contributed by atoms with Crippen LogP contribution in [0.1, 0.15) is 11.1 Å². The summed E-state index contributed by atoms with van der Waals surface area (Å²) < 4.78 is 6.76. The summed E-state index contributed by atoms with van der Waals surface area (Å²) in [6.07, 6.45) is 1.66. The summed E-state index contributed by atoms with van der Waals surface area (Å²) in [5, 5.41) is 0. The van der Waals surface area contributed by atoms with Gasteiger partial charge in [-0.15, -0.1) is 0 Å². The maximum atomic E-state index is 5.72. The Morgan fingerprint density at radius 2 is 2.06 bits per heavy atom. The molecule has 0 bridgehead atoms. The number of nitrogens with zero attached hydrogens (tertiary/aromatic N) is 2. The van der Waals surface area contributed by atoms with Crippen molar-refractivity contribution in [1.82, 2.24) is 9.97 Å². The number of benzene rings is 1. The van der Waals surface area contributed by atoms with Crippen molar-refractivity contribution in [2.24, 2.45) is 5.84 Å². The molecule has 2 aromatic rings. The SMILES string of the molecule is Cc1cc(Oc2nc(NN)ncc2C)ccc1Br. The van der Waals surface area contributed by atoms with E-state index in [-0.39, 0.29) is 0 Å². The van der Waals surface area contributed by atoms with Crippen LogP contribution < -0.4 is 16.0 Å². The van der Waals surface area contributed by atoms with E-state index in [4.69, 9.17) is 10.6 Å². The lowest BCUT2D eigenvalue weighted by Crippen LogP contribution is -2.11. The van der Waals surface area contributed by atoms with E-state index in [0.717, 1.165) is 21.3 Å². The van der Waals surface area contributed by atoms with Crippen molar-refractivity contribution in [3.63, 3.8) is 0 Å². The number of aryl methyl sites for hydroxylation is 2. The fourth-order valence-electron chi connectivity index (χ4n) is 1.39. The topological polar surface area (TPSA) is 73.1 Å². The molecule has 3 N–H and O–H groups in total. The summed E-state index contributed by atoms with van der Waals surface area (Å²) >= 11 is 3.44. The smallest absolute Gasteiger partial charge is 0.240 e. The minimum Gasteiger partial charge on any atom is -0.439 e. The van der Waals surface area contributed by atoms with Crippen LogP contribution in [0.2, 0.25) is 0 Å². The van der Waals surface area contributed by atoms with Crippen LogP contribution in [0, 0.1) is 13.8 Å². The van der Waals surface area contributed by atoms with Gasteiger partial charge >= 0.3 is 0 Å². The third kappa shape index (κ3) is 2.77. The fourth-order valence-corrected chi connectivity index (χ4v) is 1.64. The molecule has 0 aliphatic heterocycles. The highest BCUT2D eigenvalue weighted by atomic mass is 79.9. The van der Waals surface area contributed by atoms with Gasteiger partial charge in [0.1, 0.15) is 5.75 Å². The maximum absolute atomic E-state index is 5.72. The number of ether oxygens (including phenoxy) is 1. The molecule has 18 heavy (non-hydrogen) atoms. The van der Waals surface area contributed by atoms with Crippen LogP contribution in [-0.2, 0) is 0 Å². The number of aromatic nitrogens is 2. The second kappa shape index (κ2) is 5.32. The molecule has 94 valence electrons. The number of hydrogen-bond donors (Lipinski definition) is 2. The zero-order chi connectivity index (χ0) is 13.1. The number of nitrogens with one attached hydrogen (secondary N) is 1. The molecule has 0 radical (unpaired) electrons. The van der Waals surface area contributed by atoms with E-state index in [0.29, 0.717) is 11.8 Å². The van der Waals surface area contributed by atoms with Gasteiger partial charge in [0.25, 0.3) is 0 Å². The van der Waals surface area contributed by atoms with Crippen molar-refractivity contribution in [1.29, 1.82) is 0 Å². The zero-order valence-corrected chi connectivity index (χ0v) is 11.7. The summed E-state index contributed by atoms with van der Waals surface area (Å²) in [5.41, 5.74) is 4.33. The number of nitrogens with two attached hydrogens (primary N) is 1. The van der Waals surface area contributed by atoms with Gasteiger partial charge in [-0.1, -0.05) is 15.9 Å². The van der Waals surface area contributed by atoms with E-state index in [9.17, 15) is 0 Å². The van der Waals surface area contributed by atoms with Crippen LogP contribution >= 0.6 is 15.9 Å². The van der Waals surface area contributed by atoms with Gasteiger partial charge in [-0.05, 0) is 37.6 Å². The van der Waals surface area contributed by atoms with Crippen molar-refractivity contribution in [2.75, 3.05) is 5.43 Å². The van der Waals surface area contributed by atoms with Gasteiger partial charge in [0.15, 0.2) is 0 Å². The van der Waals surface area contributed by atoms with Gasteiger partial charge in [0.05, 0.1) is 0 Å². The van der Waals surface area contributed by atoms with Gasteiger partial charge in [0.2, 0.25) is 11.8 Å². The molecular formula is C12H13BrN4O. The molecule has 5 nitrogen and oxygen atoms in total. The Hall–Kier alpha value is -1.66. The summed E-state index contributed by atoms with van der Waals surface area (Å²) in [6, 6.07) is 5.73. The summed E-state index contributed by atoms with van der Waals surface area (Å²) in [7, 11) is 0. The molecule has 0 saturated carbocycles. The normalized spacial score (nSPS) is 10.2. The molecule has 0 saturated heterocycles. The van der Waals surface area contributed by atoms with E-state index in [1.54, 1.807) is 6.20 Å². The van der Waals surface area contributed by atoms with Crippen molar-refractivity contribution in [2.45, 2.75) is 13.8 Å². The molecule has 1 aromatic carbocycles. The first-order valence-corrected chi connectivity index (χ1v) is 6.13. The van der Waals surface area contributed by atoms with Crippen LogP contribution in [-0.4, -0.2) is 9.97 Å². The Bertz CT molecular complexity index is 574. The predicted octanol–water partition coefficient (Wildman–Crippen LogP) is 2.93. The number of anilines is 1. The van der Waals surface area contributed by atoms with E-state index in [1.807, 2.05) is 32.0 Å². The van der Waals surface area contributed by atoms with Gasteiger partial charge in [0, 0.05) is 16.2 Å². The van der Waals surface area contributed by atoms with Crippen LogP contribution in [0.3, 0.4) is 0 Å². The Morgan fingerprint density at radius 3 is 2.72 bits per heavy atom. The lowest BCUT2D eigenvalue weighted by atomic mass is 10.2. The number of rotatable bonds is 3. The number of nitrogen functional groups attached to an aromatic ring is 1. The van der Waals surface area contributed by atoms with Crippen molar-refractivity contribution in [3.05, 3.63) is 40.0 Å². The first kappa shape index (κ1) is 12.8. The van der Waals surface area contributed by atoms with Crippen LogP contribution in [0.25, 0.3) is 0 Å². The highest BCUT2D eigenvalue weighted by Crippen LogP contribution is 2.27. The molecule has 0 spiro atoms. The van der Waals surface area contributed by atoms with Crippen molar-refractivity contribution in [3.8, 4) is 11.6 Å². The quantitative estimate of drug-likeness (QED) is 0.673. The zero-order valence-electron chi connectivity index (χ0n) is 10.1. The maximum Gasteiger partial charge on any atom is 0.240 e. The largest absolute Gasteiger partial charge is 0.439 e. The van der Waals surface area contributed by atoms with Gasteiger partial charge in [-0.25, -0.2) is 10.8 Å². The standard InChI is InChI=1S/C12H13BrN4O/c1-7-5-9(3-4-10(7)13)18-11-8(2)6-15-12(16-11)17-14/h3-6H,14H2,1-2H3,(H,15,16,17). The molecule has 1 aromatic heterocycles. The van der Waals surface area contributed by atoms with Gasteiger partial charge < -0.3 is 4.74 Å². The Morgan fingerprint density at radius 1 is 1.28 bits per heavy atom. The minimum absolute atomic E-state index is 0.324. The molecule has 0 aliphatic rings. The number of halogens is 1. The van der Waals surface area contributed by atoms with Gasteiger partial charge in [-0.3, -0.25) is 5.43 Å². The van der Waals surface area contributed by atoms with E-state index in [1.165, 1.54) is 0 Å². The molecule has 0 atom stereocenters. The van der Waals surface area contributed by atoms with E-state index < -0.39 is 0 Å². The molecule has 0 aliphatic carbocycles. The molecule has 0 unspecified atom stereocenters. The lowest BCUT2D eigenvalue weighted by Gasteiger charge is -2.09. The second-order valence-corrected chi connectivity index (χ2v) is 4.69. The third-order valence-electron chi connectivity index (χ3n) is 2.40. The molecular weight excluding hydrogens is 296 g/mol. The monoisotopic (exact) mass is 308 g/mol. The Labute approximate surface area is 113 Å². The predicted molar refractivity (Wildman–Crippen MR) is 73.5 cm³/mol. The summed E-state index contributed by atoms with van der Waals surface area (Å²) in [5.74, 6) is 6.80. The average Bonchev–Trinajstić information content (AvgIpc) is 2.36. The van der Waals surface area contributed by atoms with Crippen molar-refractivity contribution < 1.29 is 4.74 Å². The third-order valence-corrected chi connectivity index (χ3v) is 3.29. The molecule has 2 rings (SSSR count). The number of hydrazine groups is 1. The lowest BCUT2D eigenvalue weighted by molar-refractivity contribution is 0.457. The van der Waals surface area contributed by atoms with E-state index in [2.05, 4.69) is 31.3 Å². The number of hydrogen-bond acceptors (Lipinski definition) is 5. The molecule has 0 amide bonds. The second-order valence-electron chi connectivity index (χ2n) is 3.84. The molecule has 6 heteroatoms. The highest BCUT2D eigenvalue weighted by molar-refractivity contribution is 9.10. The average molecular weight is 309 g/mol. The van der Waals surface area contributed by atoms with Crippen LogP contribution in [0.5, 0.6) is 11.6 Å². The van der Waals surface area contributed by atoms with Gasteiger partial charge in [-0.2, -0.15) is 4.98 Å². The molecule has 1 heterocycles. The summed E-state index contributed by atoms with van der Waals surface area (Å²) in [6.45, 7) is 3.87. The van der Waals surface area contributed by atoms with Crippen LogP contribution in [0.4, 0.5) is 5.95 Å². The van der Waals surface area contributed by atoms with Crippen molar-refractivity contribution >= 4 is 21.9 Å². The van der Waals surface area contributed by atoms with Crippen LogP contribution in [0.15, 0.2) is 28.9 Å². The Balaban J connectivity index is 2.30. The first-order valence-electron chi connectivity index (χ1n) is 5.34. The fraction of sp³-hybridized carbons (Fsp3) is 0.167. The minimum atomic E-state index is 0.324.